The molecule has 4 rings (SSSR count). The van der Waals surface area contributed by atoms with Crippen molar-refractivity contribution < 1.29 is 19.0 Å². The normalized spacial score (nSPS) is 14.8. The first-order valence-corrected chi connectivity index (χ1v) is 8.93. The minimum atomic E-state index is -0.683. The van der Waals surface area contributed by atoms with E-state index in [0.717, 1.165) is 11.6 Å². The summed E-state index contributed by atoms with van der Waals surface area (Å²) >= 11 is 0. The third kappa shape index (κ3) is 3.18. The number of carbonyl (C=O) groups is 1. The van der Waals surface area contributed by atoms with Gasteiger partial charge in [-0.2, -0.15) is 0 Å². The van der Waals surface area contributed by atoms with Crippen LogP contribution in [0.2, 0.25) is 0 Å². The van der Waals surface area contributed by atoms with Gasteiger partial charge in [-0.3, -0.25) is 14.3 Å². The number of nitrogens with zero attached hydrogens (tertiary/aromatic N) is 1. The first-order valence-electron chi connectivity index (χ1n) is 8.93. The number of amides is 1. The Hall–Kier alpha value is -3.81. The molecule has 1 unspecified atom stereocenters. The van der Waals surface area contributed by atoms with Crippen LogP contribution >= 0.6 is 0 Å². The Kier molecular flexibility index (Phi) is 4.67. The number of halogens is 1. The van der Waals surface area contributed by atoms with Crippen LogP contribution in [0.3, 0.4) is 0 Å². The van der Waals surface area contributed by atoms with Gasteiger partial charge in [-0.25, -0.2) is 4.39 Å². The molecule has 148 valence electrons. The fourth-order valence-electron chi connectivity index (χ4n) is 3.41. The maximum atomic E-state index is 14.5. The summed E-state index contributed by atoms with van der Waals surface area (Å²) < 4.78 is 21.6. The molecule has 2 heterocycles. The van der Waals surface area contributed by atoms with Crippen LogP contribution in [-0.2, 0) is 6.61 Å². The number of benzene rings is 2. The van der Waals surface area contributed by atoms with E-state index in [0.29, 0.717) is 16.9 Å². The number of carbonyl (C=O) groups excluding carboxylic acids is 1. The zero-order valence-corrected chi connectivity index (χ0v) is 15.5. The molecule has 0 radical (unpaired) electrons. The molecule has 3 N–H and O–H groups in total. The number of fused-ring (bicyclic) bond motifs is 2. The quantitative estimate of drug-likeness (QED) is 0.633. The van der Waals surface area contributed by atoms with Crippen molar-refractivity contribution in [3.63, 3.8) is 0 Å². The van der Waals surface area contributed by atoms with E-state index in [-0.39, 0.29) is 12.3 Å². The summed E-state index contributed by atoms with van der Waals surface area (Å²) in [5, 5.41) is 12.6. The smallest absolute Gasteiger partial charge is 0.273 e. The minimum absolute atomic E-state index is 0.0505. The van der Waals surface area contributed by atoms with Crippen molar-refractivity contribution in [2.45, 2.75) is 12.6 Å². The Balaban J connectivity index is 1.91. The maximum Gasteiger partial charge on any atom is 0.273 e. The van der Waals surface area contributed by atoms with E-state index in [9.17, 15) is 19.1 Å². The molecule has 0 saturated carbocycles. The van der Waals surface area contributed by atoms with Crippen LogP contribution in [0.5, 0.6) is 11.5 Å². The summed E-state index contributed by atoms with van der Waals surface area (Å²) in [7, 11) is 1.39. The van der Waals surface area contributed by atoms with E-state index in [2.05, 4.69) is 10.7 Å². The molecule has 0 spiro atoms. The van der Waals surface area contributed by atoms with Crippen molar-refractivity contribution in [1.29, 1.82) is 0 Å². The third-order valence-corrected chi connectivity index (χ3v) is 4.85. The Morgan fingerprint density at radius 3 is 2.72 bits per heavy atom. The van der Waals surface area contributed by atoms with Gasteiger partial charge in [-0.1, -0.05) is 30.3 Å². The number of para-hydroxylation sites is 1. The second kappa shape index (κ2) is 7.31. The van der Waals surface area contributed by atoms with E-state index >= 15 is 0 Å². The van der Waals surface area contributed by atoms with Gasteiger partial charge >= 0.3 is 0 Å². The first-order chi connectivity index (χ1) is 14.0. The second-order valence-electron chi connectivity index (χ2n) is 6.52. The lowest BCUT2D eigenvalue weighted by Gasteiger charge is -2.25. The van der Waals surface area contributed by atoms with Crippen molar-refractivity contribution >= 4 is 5.91 Å². The topological polar surface area (TPSA) is 92.6 Å². The van der Waals surface area contributed by atoms with Gasteiger partial charge in [0.1, 0.15) is 18.2 Å². The van der Waals surface area contributed by atoms with Crippen LogP contribution in [0, 0.1) is 5.82 Å². The van der Waals surface area contributed by atoms with Crippen molar-refractivity contribution in [2.24, 2.45) is 0 Å². The van der Waals surface area contributed by atoms with Crippen molar-refractivity contribution in [1.82, 2.24) is 9.99 Å². The van der Waals surface area contributed by atoms with E-state index in [4.69, 9.17) is 4.74 Å². The van der Waals surface area contributed by atoms with Gasteiger partial charge in [0.2, 0.25) is 5.43 Å². The molecule has 1 aliphatic heterocycles. The molecular weight excluding hydrogens is 377 g/mol. The molecule has 29 heavy (non-hydrogen) atoms. The number of aromatic nitrogens is 1. The zero-order valence-electron chi connectivity index (χ0n) is 15.5. The molecule has 0 saturated heterocycles. The van der Waals surface area contributed by atoms with Crippen molar-refractivity contribution in [3.8, 4) is 11.5 Å². The molecule has 0 fully saturated rings. The largest absolute Gasteiger partial charge is 0.502 e. The molecular formula is C21H18FN3O4. The molecule has 8 heteroatoms. The summed E-state index contributed by atoms with van der Waals surface area (Å²) in [6, 6.07) is 12.5. The predicted octanol–water partition coefficient (Wildman–Crippen LogP) is 2.28. The molecule has 1 amide bonds. The summed E-state index contributed by atoms with van der Waals surface area (Å²) in [6.07, 6.45) is 1.35. The predicted molar refractivity (Wildman–Crippen MR) is 104 cm³/mol. The summed E-state index contributed by atoms with van der Waals surface area (Å²) in [5.41, 5.74) is 3.91. The van der Waals surface area contributed by atoms with Crippen molar-refractivity contribution in [2.75, 3.05) is 12.5 Å². The molecule has 3 aromatic rings. The van der Waals surface area contributed by atoms with Gasteiger partial charge < -0.3 is 20.6 Å². The van der Waals surface area contributed by atoms with Crippen LogP contribution in [0.4, 0.5) is 4.39 Å². The lowest BCUT2D eigenvalue weighted by Crippen LogP contribution is -2.32. The molecule has 2 aromatic carbocycles. The Labute approximate surface area is 165 Å². The van der Waals surface area contributed by atoms with Gasteiger partial charge in [0, 0.05) is 30.4 Å². The SMILES string of the molecule is CNC(=O)c1c(O)c(=O)ccn1NC1c2ccccc2OCc2c(F)cccc21. The maximum absolute atomic E-state index is 14.5. The number of pyridine rings is 1. The van der Waals surface area contributed by atoms with E-state index in [1.165, 1.54) is 24.0 Å². The Bertz CT molecular complexity index is 1160. The molecule has 7 nitrogen and oxygen atoms in total. The number of nitrogens with one attached hydrogen (secondary N) is 2. The van der Waals surface area contributed by atoms with Crippen LogP contribution < -0.4 is 20.9 Å². The fraction of sp³-hybridized carbons (Fsp3) is 0.143. The van der Waals surface area contributed by atoms with E-state index in [1.54, 1.807) is 18.2 Å². The third-order valence-electron chi connectivity index (χ3n) is 4.85. The van der Waals surface area contributed by atoms with Gasteiger partial charge in [0.05, 0.1) is 6.04 Å². The van der Waals surface area contributed by atoms with Gasteiger partial charge in [0.15, 0.2) is 11.4 Å². The minimum Gasteiger partial charge on any atom is -0.502 e. The van der Waals surface area contributed by atoms with Crippen LogP contribution in [0.15, 0.2) is 59.5 Å². The lowest BCUT2D eigenvalue weighted by atomic mass is 9.95. The summed E-state index contributed by atoms with van der Waals surface area (Å²) in [5.74, 6) is -1.17. The fourth-order valence-corrected chi connectivity index (χ4v) is 3.41. The van der Waals surface area contributed by atoms with Crippen molar-refractivity contribution in [3.05, 3.63) is 93.2 Å². The second-order valence-corrected chi connectivity index (χ2v) is 6.52. The molecule has 1 atom stereocenters. The van der Waals surface area contributed by atoms with E-state index in [1.807, 2.05) is 18.2 Å². The average molecular weight is 395 g/mol. The Morgan fingerprint density at radius 2 is 1.93 bits per heavy atom. The van der Waals surface area contributed by atoms with Gasteiger partial charge in [-0.05, 0) is 17.7 Å². The molecule has 0 bridgehead atoms. The number of hydrogen-bond acceptors (Lipinski definition) is 5. The molecule has 1 aromatic heterocycles. The zero-order chi connectivity index (χ0) is 20.5. The highest BCUT2D eigenvalue weighted by atomic mass is 19.1. The number of aromatic hydroxyl groups is 1. The van der Waals surface area contributed by atoms with Gasteiger partial charge in [-0.15, -0.1) is 0 Å². The van der Waals surface area contributed by atoms with Crippen LogP contribution in [-0.4, -0.2) is 22.7 Å². The molecule has 1 aliphatic rings. The van der Waals surface area contributed by atoms with Crippen LogP contribution in [0.1, 0.15) is 33.2 Å². The highest BCUT2D eigenvalue weighted by Gasteiger charge is 2.28. The standard InChI is InChI=1S/C21H18FN3O4/c1-23-21(28)19-20(27)16(26)9-10-25(19)24-18-12-6-4-7-15(22)14(12)11-29-17-8-3-2-5-13(17)18/h2-10,18,24,27H,11H2,1H3,(H,23,28). The van der Waals surface area contributed by atoms with Gasteiger partial charge in [0.25, 0.3) is 5.91 Å². The summed E-state index contributed by atoms with van der Waals surface area (Å²) in [4.78, 5) is 24.2. The van der Waals surface area contributed by atoms with Crippen LogP contribution in [0.25, 0.3) is 0 Å². The number of rotatable bonds is 3. The highest BCUT2D eigenvalue weighted by molar-refractivity contribution is 5.95. The van der Waals surface area contributed by atoms with E-state index < -0.39 is 28.9 Å². The summed E-state index contributed by atoms with van der Waals surface area (Å²) in [6.45, 7) is 0.0505. The molecule has 0 aliphatic carbocycles. The Morgan fingerprint density at radius 1 is 1.17 bits per heavy atom. The average Bonchev–Trinajstić information content (AvgIpc) is 2.89. The lowest BCUT2D eigenvalue weighted by molar-refractivity contribution is 0.0951. The number of hydrogen-bond donors (Lipinski definition) is 3. The first kappa shape index (κ1) is 18.5. The monoisotopic (exact) mass is 395 g/mol. The highest BCUT2D eigenvalue weighted by Crippen LogP contribution is 2.37. The number of ether oxygens (including phenoxy) is 1.